The molecule has 9 heteroatoms. The molecule has 9 nitrogen and oxygen atoms in total. The minimum absolute atomic E-state index is 0.151. The minimum atomic E-state index is -0.704. The van der Waals surface area contributed by atoms with Crippen LogP contribution in [0.1, 0.15) is 58.2 Å². The van der Waals surface area contributed by atoms with Crippen LogP contribution >= 0.6 is 0 Å². The van der Waals surface area contributed by atoms with Gasteiger partial charge in [0.1, 0.15) is 12.1 Å². The molecule has 0 radical (unpaired) electrons. The summed E-state index contributed by atoms with van der Waals surface area (Å²) in [6, 6.07) is -0.833. The van der Waals surface area contributed by atoms with Crippen LogP contribution in [0.25, 0.3) is 0 Å². The highest BCUT2D eigenvalue weighted by Crippen LogP contribution is 2.34. The van der Waals surface area contributed by atoms with E-state index in [-0.39, 0.29) is 24.8 Å². The topological polar surface area (TPSA) is 104 Å². The number of likely N-dealkylation sites (N-methyl/N-ethyl adjacent to an activating group) is 2. The van der Waals surface area contributed by atoms with Crippen LogP contribution < -0.4 is 5.32 Å². The van der Waals surface area contributed by atoms with Crippen molar-refractivity contribution >= 4 is 11.8 Å². The lowest BCUT2D eigenvalue weighted by Gasteiger charge is -2.34. The van der Waals surface area contributed by atoms with Gasteiger partial charge in [0.25, 0.3) is 0 Å². The van der Waals surface area contributed by atoms with Gasteiger partial charge in [0, 0.05) is 38.7 Å². The van der Waals surface area contributed by atoms with E-state index in [1.807, 2.05) is 27.0 Å². The summed E-state index contributed by atoms with van der Waals surface area (Å²) in [6.45, 7) is 7.19. The van der Waals surface area contributed by atoms with Crippen molar-refractivity contribution in [3.8, 4) is 0 Å². The number of nitrogens with zero attached hydrogens (tertiary/aromatic N) is 5. The predicted octanol–water partition coefficient (Wildman–Crippen LogP) is 0.600. The molecule has 1 aromatic rings. The molecule has 2 saturated heterocycles. The van der Waals surface area contributed by atoms with Gasteiger partial charge in [-0.2, -0.15) is 0 Å². The Balaban J connectivity index is 1.82. The third-order valence-corrected chi connectivity index (χ3v) is 6.35. The van der Waals surface area contributed by atoms with Crippen LogP contribution in [-0.4, -0.2) is 87.1 Å². The zero-order chi connectivity index (χ0) is 22.1. The second kappa shape index (κ2) is 9.01. The first-order valence-electron chi connectivity index (χ1n) is 10.9. The molecule has 3 heterocycles. The highest BCUT2D eigenvalue weighted by atomic mass is 16.3. The molecule has 0 saturated carbocycles. The normalized spacial score (nSPS) is 26.6. The van der Waals surface area contributed by atoms with Crippen LogP contribution in [0.2, 0.25) is 0 Å². The quantitative estimate of drug-likeness (QED) is 0.723. The molecule has 3 unspecified atom stereocenters. The van der Waals surface area contributed by atoms with Crippen molar-refractivity contribution in [2.24, 2.45) is 5.41 Å². The molecule has 1 aromatic heterocycles. The molecule has 2 fully saturated rings. The molecule has 0 aromatic carbocycles. The van der Waals surface area contributed by atoms with Gasteiger partial charge in [0.05, 0.1) is 11.8 Å². The number of amides is 2. The monoisotopic (exact) mass is 420 g/mol. The standard InChI is InChI=1S/C21H36N6O3/c1-21(2,3)18(20(30)26-13-16(28)11-17(26)19(29)22-4)27-12-14(23-24-27)10-15-8-6-7-9-25(15)5/h12,15-18,28H,6-11,13H2,1-5H3,(H,22,29)/t15?,16?,17?,18-/m1/s1. The fraction of sp³-hybridized carbons (Fsp3) is 0.810. The van der Waals surface area contributed by atoms with Crippen molar-refractivity contribution in [2.75, 3.05) is 27.2 Å². The number of carbonyl (C=O) groups is 2. The maximum absolute atomic E-state index is 13.6. The zero-order valence-electron chi connectivity index (χ0n) is 18.8. The number of piperidine rings is 1. The molecule has 168 valence electrons. The molecule has 4 atom stereocenters. The van der Waals surface area contributed by atoms with Crippen LogP contribution in [0.3, 0.4) is 0 Å². The SMILES string of the molecule is CNC(=O)C1CC(O)CN1C(=O)[C@@H](n1cc(CC2CCCCN2C)nn1)C(C)(C)C. The maximum Gasteiger partial charge on any atom is 0.248 e. The lowest BCUT2D eigenvalue weighted by molar-refractivity contribution is -0.144. The average molecular weight is 421 g/mol. The van der Waals surface area contributed by atoms with Gasteiger partial charge in [-0.3, -0.25) is 9.59 Å². The molecular weight excluding hydrogens is 384 g/mol. The second-order valence-corrected chi connectivity index (χ2v) is 9.80. The number of hydrogen-bond donors (Lipinski definition) is 2. The summed E-state index contributed by atoms with van der Waals surface area (Å²) in [5.41, 5.74) is 0.435. The Morgan fingerprint density at radius 1 is 1.33 bits per heavy atom. The average Bonchev–Trinajstić information content (AvgIpc) is 3.28. The molecule has 30 heavy (non-hydrogen) atoms. The predicted molar refractivity (Wildman–Crippen MR) is 113 cm³/mol. The van der Waals surface area contributed by atoms with Gasteiger partial charge >= 0.3 is 0 Å². The van der Waals surface area contributed by atoms with Crippen molar-refractivity contribution in [2.45, 2.75) is 77.1 Å². The van der Waals surface area contributed by atoms with Crippen LogP contribution in [-0.2, 0) is 16.0 Å². The van der Waals surface area contributed by atoms with Crippen molar-refractivity contribution in [3.63, 3.8) is 0 Å². The number of nitrogens with one attached hydrogen (secondary N) is 1. The fourth-order valence-corrected chi connectivity index (χ4v) is 4.69. The van der Waals surface area contributed by atoms with Crippen LogP contribution in [0, 0.1) is 5.41 Å². The van der Waals surface area contributed by atoms with E-state index < -0.39 is 23.6 Å². The molecule has 3 rings (SSSR count). The van der Waals surface area contributed by atoms with Gasteiger partial charge in [0.15, 0.2) is 0 Å². The number of aromatic nitrogens is 3. The summed E-state index contributed by atoms with van der Waals surface area (Å²) >= 11 is 0. The summed E-state index contributed by atoms with van der Waals surface area (Å²) in [4.78, 5) is 29.7. The highest BCUT2D eigenvalue weighted by molar-refractivity contribution is 5.90. The third kappa shape index (κ3) is 4.83. The van der Waals surface area contributed by atoms with Crippen molar-refractivity contribution in [1.82, 2.24) is 30.1 Å². The van der Waals surface area contributed by atoms with Gasteiger partial charge < -0.3 is 20.2 Å². The number of carbonyl (C=O) groups excluding carboxylic acids is 2. The van der Waals surface area contributed by atoms with Crippen LogP contribution in [0.5, 0.6) is 0 Å². The van der Waals surface area contributed by atoms with Crippen molar-refractivity contribution in [3.05, 3.63) is 11.9 Å². The molecule has 2 N–H and O–H groups in total. The van der Waals surface area contributed by atoms with E-state index >= 15 is 0 Å². The lowest BCUT2D eigenvalue weighted by atomic mass is 9.85. The van der Waals surface area contributed by atoms with E-state index in [0.29, 0.717) is 6.04 Å². The Kier molecular flexibility index (Phi) is 6.81. The minimum Gasteiger partial charge on any atom is -0.391 e. The Hall–Kier alpha value is -2.00. The summed E-state index contributed by atoms with van der Waals surface area (Å²) in [7, 11) is 3.69. The lowest BCUT2D eigenvalue weighted by Crippen LogP contribution is -2.49. The van der Waals surface area contributed by atoms with Gasteiger partial charge in [-0.05, 0) is 31.8 Å². The largest absolute Gasteiger partial charge is 0.391 e. The van der Waals surface area contributed by atoms with Gasteiger partial charge in [-0.25, -0.2) is 4.68 Å². The fourth-order valence-electron chi connectivity index (χ4n) is 4.69. The first-order chi connectivity index (χ1) is 14.1. The Morgan fingerprint density at radius 2 is 2.07 bits per heavy atom. The van der Waals surface area contributed by atoms with Gasteiger partial charge in [0.2, 0.25) is 11.8 Å². The van der Waals surface area contributed by atoms with E-state index in [4.69, 9.17) is 0 Å². The molecule has 2 aliphatic rings. The molecule has 2 amide bonds. The zero-order valence-corrected chi connectivity index (χ0v) is 18.8. The molecule has 0 aliphatic carbocycles. The van der Waals surface area contributed by atoms with Gasteiger partial charge in [-0.15, -0.1) is 5.10 Å². The highest BCUT2D eigenvalue weighted by Gasteiger charge is 2.45. The van der Waals surface area contributed by atoms with Crippen molar-refractivity contribution in [1.29, 1.82) is 0 Å². The molecule has 0 spiro atoms. The van der Waals surface area contributed by atoms with E-state index in [2.05, 4.69) is 27.6 Å². The number of likely N-dealkylation sites (tertiary alicyclic amines) is 2. The maximum atomic E-state index is 13.6. The van der Waals surface area contributed by atoms with E-state index in [1.165, 1.54) is 17.7 Å². The van der Waals surface area contributed by atoms with Crippen LogP contribution in [0.15, 0.2) is 6.20 Å². The van der Waals surface area contributed by atoms with E-state index in [0.717, 1.165) is 25.1 Å². The third-order valence-electron chi connectivity index (χ3n) is 6.35. The number of rotatable bonds is 5. The van der Waals surface area contributed by atoms with Gasteiger partial charge in [-0.1, -0.05) is 32.4 Å². The second-order valence-electron chi connectivity index (χ2n) is 9.80. The molecule has 0 bridgehead atoms. The van der Waals surface area contributed by atoms with E-state index in [9.17, 15) is 14.7 Å². The number of β-amino-alcohol motifs (C(OH)–C–C–N with tert-alkyl or cyclic N) is 1. The van der Waals surface area contributed by atoms with Crippen LogP contribution in [0.4, 0.5) is 0 Å². The number of hydrogen-bond acceptors (Lipinski definition) is 6. The summed E-state index contributed by atoms with van der Waals surface area (Å²) in [5.74, 6) is -0.467. The Morgan fingerprint density at radius 3 is 2.70 bits per heavy atom. The summed E-state index contributed by atoms with van der Waals surface area (Å²) in [6.07, 6.45) is 5.83. The smallest absolute Gasteiger partial charge is 0.248 e. The summed E-state index contributed by atoms with van der Waals surface area (Å²) in [5, 5.41) is 21.4. The van der Waals surface area contributed by atoms with Crippen molar-refractivity contribution < 1.29 is 14.7 Å². The number of aliphatic hydroxyl groups is 1. The molecular formula is C21H36N6O3. The molecule has 2 aliphatic heterocycles. The first-order valence-corrected chi connectivity index (χ1v) is 10.9. The Bertz CT molecular complexity index is 758. The number of aliphatic hydroxyl groups excluding tert-OH is 1. The van der Waals surface area contributed by atoms with E-state index in [1.54, 1.807) is 11.7 Å². The first kappa shape index (κ1) is 22.7. The Labute approximate surface area is 178 Å². The summed E-state index contributed by atoms with van der Waals surface area (Å²) < 4.78 is 1.64.